The van der Waals surface area contributed by atoms with Crippen LogP contribution in [-0.2, 0) is 17.3 Å². The highest BCUT2D eigenvalue weighted by atomic mass is 32.2. The summed E-state index contributed by atoms with van der Waals surface area (Å²) in [7, 11) is -0.670. The Morgan fingerprint density at radius 3 is 2.67 bits per heavy atom. The standard InChI is InChI=1S/C15H19NOS/c1-2-18(17)10-9-16-12-13-7-8-14-5-3-4-6-15(14)11-13/h3-8,11,16H,2,9-10,12H2,1H3. The summed E-state index contributed by atoms with van der Waals surface area (Å²) >= 11 is 0. The number of hydrogen-bond donors (Lipinski definition) is 1. The van der Waals surface area contributed by atoms with Gasteiger partial charge in [-0.1, -0.05) is 43.3 Å². The number of fused-ring (bicyclic) bond motifs is 1. The molecule has 0 amide bonds. The lowest BCUT2D eigenvalue weighted by Crippen LogP contribution is -2.20. The fourth-order valence-corrected chi connectivity index (χ4v) is 2.57. The van der Waals surface area contributed by atoms with E-state index in [1.54, 1.807) is 0 Å². The lowest BCUT2D eigenvalue weighted by Gasteiger charge is -2.06. The lowest BCUT2D eigenvalue weighted by molar-refractivity contribution is 0.674. The normalized spacial score (nSPS) is 12.7. The highest BCUT2D eigenvalue weighted by Gasteiger charge is 1.98. The zero-order valence-corrected chi connectivity index (χ0v) is 11.5. The molecule has 2 rings (SSSR count). The third kappa shape index (κ3) is 3.65. The van der Waals surface area contributed by atoms with Crippen LogP contribution in [0, 0.1) is 0 Å². The fourth-order valence-electron chi connectivity index (χ4n) is 1.91. The van der Waals surface area contributed by atoms with Crippen molar-refractivity contribution < 1.29 is 4.21 Å². The van der Waals surface area contributed by atoms with Gasteiger partial charge in [0.05, 0.1) is 0 Å². The first-order valence-corrected chi connectivity index (χ1v) is 7.82. The van der Waals surface area contributed by atoms with Gasteiger partial charge >= 0.3 is 0 Å². The van der Waals surface area contributed by atoms with Crippen molar-refractivity contribution in [1.82, 2.24) is 5.32 Å². The van der Waals surface area contributed by atoms with E-state index in [9.17, 15) is 4.21 Å². The minimum absolute atomic E-state index is 0.670. The Morgan fingerprint density at radius 2 is 1.89 bits per heavy atom. The van der Waals surface area contributed by atoms with E-state index in [0.29, 0.717) is 0 Å². The van der Waals surface area contributed by atoms with Gasteiger partial charge in [0.25, 0.3) is 0 Å². The molecule has 18 heavy (non-hydrogen) atoms. The molecule has 0 saturated heterocycles. The molecule has 1 unspecified atom stereocenters. The Morgan fingerprint density at radius 1 is 1.11 bits per heavy atom. The highest BCUT2D eigenvalue weighted by Crippen LogP contribution is 2.15. The van der Waals surface area contributed by atoms with E-state index in [-0.39, 0.29) is 0 Å². The minimum atomic E-state index is -0.670. The maximum atomic E-state index is 11.3. The van der Waals surface area contributed by atoms with Crippen LogP contribution in [0.25, 0.3) is 10.8 Å². The Hall–Kier alpha value is -1.19. The van der Waals surface area contributed by atoms with Crippen molar-refractivity contribution in [2.75, 3.05) is 18.1 Å². The third-order valence-corrected chi connectivity index (χ3v) is 4.27. The molecular formula is C15H19NOS. The zero-order valence-electron chi connectivity index (χ0n) is 10.7. The number of rotatable bonds is 6. The summed E-state index contributed by atoms with van der Waals surface area (Å²) in [6.45, 7) is 3.61. The van der Waals surface area contributed by atoms with E-state index in [0.717, 1.165) is 24.6 Å². The van der Waals surface area contributed by atoms with E-state index in [1.807, 2.05) is 6.92 Å². The summed E-state index contributed by atoms with van der Waals surface area (Å²) < 4.78 is 11.3. The van der Waals surface area contributed by atoms with Crippen LogP contribution in [0.2, 0.25) is 0 Å². The van der Waals surface area contributed by atoms with Crippen LogP contribution in [0.15, 0.2) is 42.5 Å². The predicted octanol–water partition coefficient (Wildman–Crippen LogP) is 2.70. The summed E-state index contributed by atoms with van der Waals surface area (Å²) in [4.78, 5) is 0. The maximum Gasteiger partial charge on any atom is 0.0360 e. The van der Waals surface area contributed by atoms with Gasteiger partial charge in [-0.25, -0.2) is 0 Å². The van der Waals surface area contributed by atoms with E-state index >= 15 is 0 Å². The Bertz CT molecular complexity index is 539. The molecule has 0 fully saturated rings. The van der Waals surface area contributed by atoms with E-state index in [1.165, 1.54) is 16.3 Å². The summed E-state index contributed by atoms with van der Waals surface area (Å²) in [5.74, 6) is 1.49. The summed E-state index contributed by atoms with van der Waals surface area (Å²) in [5, 5.41) is 5.88. The largest absolute Gasteiger partial charge is 0.312 e. The fraction of sp³-hybridized carbons (Fsp3) is 0.333. The van der Waals surface area contributed by atoms with Crippen molar-refractivity contribution in [2.24, 2.45) is 0 Å². The second kappa shape index (κ2) is 6.66. The molecule has 96 valence electrons. The molecule has 0 heterocycles. The van der Waals surface area contributed by atoms with Gasteiger partial charge in [-0.3, -0.25) is 4.21 Å². The molecule has 1 N–H and O–H groups in total. The topological polar surface area (TPSA) is 29.1 Å². The number of hydrogen-bond acceptors (Lipinski definition) is 2. The lowest BCUT2D eigenvalue weighted by atomic mass is 10.1. The van der Waals surface area contributed by atoms with Gasteiger partial charge in [0.2, 0.25) is 0 Å². The van der Waals surface area contributed by atoms with Gasteiger partial charge in [-0.2, -0.15) is 0 Å². The first kappa shape index (κ1) is 13.2. The van der Waals surface area contributed by atoms with E-state index in [4.69, 9.17) is 0 Å². The van der Waals surface area contributed by atoms with Crippen molar-refractivity contribution in [3.63, 3.8) is 0 Å². The average molecular weight is 261 g/mol. The second-order valence-corrected chi connectivity index (χ2v) is 6.16. The third-order valence-electron chi connectivity index (χ3n) is 2.97. The van der Waals surface area contributed by atoms with Gasteiger partial charge in [0.15, 0.2) is 0 Å². The molecule has 2 aromatic carbocycles. The van der Waals surface area contributed by atoms with Gasteiger partial charge in [-0.05, 0) is 22.4 Å². The van der Waals surface area contributed by atoms with Gasteiger partial charge in [0, 0.05) is 35.4 Å². The highest BCUT2D eigenvalue weighted by molar-refractivity contribution is 7.84. The first-order chi connectivity index (χ1) is 8.79. The van der Waals surface area contributed by atoms with Crippen LogP contribution in [0.1, 0.15) is 12.5 Å². The van der Waals surface area contributed by atoms with Crippen LogP contribution in [0.5, 0.6) is 0 Å². The number of benzene rings is 2. The molecule has 0 saturated carbocycles. The summed E-state index contributed by atoms with van der Waals surface area (Å²) in [6, 6.07) is 14.9. The van der Waals surface area contributed by atoms with Crippen LogP contribution in [0.4, 0.5) is 0 Å². The van der Waals surface area contributed by atoms with E-state index in [2.05, 4.69) is 47.8 Å². The van der Waals surface area contributed by atoms with Gasteiger partial charge in [-0.15, -0.1) is 0 Å². The van der Waals surface area contributed by atoms with Crippen LogP contribution < -0.4 is 5.32 Å². The Kier molecular flexibility index (Phi) is 4.90. The molecule has 0 aromatic heterocycles. The van der Waals surface area contributed by atoms with Crippen molar-refractivity contribution in [3.05, 3.63) is 48.0 Å². The van der Waals surface area contributed by atoms with Crippen LogP contribution >= 0.6 is 0 Å². The van der Waals surface area contributed by atoms with Gasteiger partial charge in [0.1, 0.15) is 0 Å². The average Bonchev–Trinajstić information content (AvgIpc) is 2.43. The van der Waals surface area contributed by atoms with Gasteiger partial charge < -0.3 is 5.32 Å². The van der Waals surface area contributed by atoms with Crippen molar-refractivity contribution >= 4 is 21.6 Å². The Balaban J connectivity index is 1.90. The monoisotopic (exact) mass is 261 g/mol. The molecule has 2 nitrogen and oxygen atoms in total. The molecule has 0 aliphatic carbocycles. The second-order valence-electron chi connectivity index (χ2n) is 4.29. The number of nitrogens with one attached hydrogen (secondary N) is 1. The van der Waals surface area contributed by atoms with Crippen molar-refractivity contribution in [2.45, 2.75) is 13.5 Å². The molecule has 3 heteroatoms. The quantitative estimate of drug-likeness (QED) is 0.810. The van der Waals surface area contributed by atoms with Crippen LogP contribution in [-0.4, -0.2) is 22.3 Å². The smallest absolute Gasteiger partial charge is 0.0360 e. The zero-order chi connectivity index (χ0) is 12.8. The van der Waals surface area contributed by atoms with E-state index < -0.39 is 10.8 Å². The first-order valence-electron chi connectivity index (χ1n) is 6.33. The molecule has 0 aliphatic rings. The van der Waals surface area contributed by atoms with Crippen LogP contribution in [0.3, 0.4) is 0 Å². The van der Waals surface area contributed by atoms with Crippen molar-refractivity contribution in [3.8, 4) is 0 Å². The molecule has 0 bridgehead atoms. The van der Waals surface area contributed by atoms with Crippen molar-refractivity contribution in [1.29, 1.82) is 0 Å². The summed E-state index contributed by atoms with van der Waals surface area (Å²) in [5.41, 5.74) is 1.27. The molecular weight excluding hydrogens is 242 g/mol. The molecule has 1 atom stereocenters. The predicted molar refractivity (Wildman–Crippen MR) is 79.2 cm³/mol. The molecule has 0 spiro atoms. The summed E-state index contributed by atoms with van der Waals surface area (Å²) in [6.07, 6.45) is 0. The Labute approximate surface area is 111 Å². The minimum Gasteiger partial charge on any atom is -0.312 e. The molecule has 2 aromatic rings. The molecule has 0 radical (unpaired) electrons. The maximum absolute atomic E-state index is 11.3. The molecule has 0 aliphatic heterocycles. The SMILES string of the molecule is CCS(=O)CCNCc1ccc2ccccc2c1.